The van der Waals surface area contributed by atoms with E-state index in [2.05, 4.69) is 30.3 Å². The third kappa shape index (κ3) is 2.86. The second-order valence-corrected chi connectivity index (χ2v) is 5.14. The summed E-state index contributed by atoms with van der Waals surface area (Å²) in [6.07, 6.45) is 4.21. The first-order chi connectivity index (χ1) is 10.8. The summed E-state index contributed by atoms with van der Waals surface area (Å²) in [5.74, 6) is -0.191. The lowest BCUT2D eigenvalue weighted by molar-refractivity contribution is -0.142. The molecule has 0 aliphatic rings. The molecule has 0 N–H and O–H groups in total. The van der Waals surface area contributed by atoms with E-state index in [0.717, 1.165) is 5.56 Å². The topological polar surface area (TPSA) is 26.3 Å². The highest BCUT2D eigenvalue weighted by atomic mass is 16.5. The van der Waals surface area contributed by atoms with E-state index >= 15 is 0 Å². The Bertz CT molecular complexity index is 793. The predicted octanol–water partition coefficient (Wildman–Crippen LogP) is 4.96. The molecule has 0 saturated heterocycles. The molecule has 0 aliphatic heterocycles. The average molecular weight is 290 g/mol. The molecule has 0 fully saturated rings. The van der Waals surface area contributed by atoms with Gasteiger partial charge in [-0.1, -0.05) is 60.7 Å². The van der Waals surface area contributed by atoms with Gasteiger partial charge < -0.3 is 4.74 Å². The van der Waals surface area contributed by atoms with Gasteiger partial charge in [0.05, 0.1) is 13.0 Å². The van der Waals surface area contributed by atoms with Crippen molar-refractivity contribution in [2.75, 3.05) is 6.61 Å². The van der Waals surface area contributed by atoms with Gasteiger partial charge in [-0.3, -0.25) is 4.79 Å². The number of fused-ring (bicyclic) bond motifs is 2. The molecule has 0 saturated carbocycles. The Morgan fingerprint density at radius 3 is 2.18 bits per heavy atom. The van der Waals surface area contributed by atoms with E-state index in [1.54, 1.807) is 0 Å². The molecule has 0 unspecified atom stereocenters. The van der Waals surface area contributed by atoms with Gasteiger partial charge in [0.25, 0.3) is 0 Å². The number of hydrogen-bond donors (Lipinski definition) is 0. The minimum Gasteiger partial charge on any atom is -0.466 e. The van der Waals surface area contributed by atoms with Crippen molar-refractivity contribution in [3.05, 3.63) is 66.2 Å². The Kier molecular flexibility index (Phi) is 4.19. The number of benzene rings is 3. The van der Waals surface area contributed by atoms with Crippen molar-refractivity contribution in [2.45, 2.75) is 13.3 Å². The summed E-state index contributed by atoms with van der Waals surface area (Å²) in [5.41, 5.74) is 1.15. The van der Waals surface area contributed by atoms with Gasteiger partial charge in [0.2, 0.25) is 0 Å². The standard InChI is InChI=1S/C20H18O2/c1-2-22-20(21)13-7-12-19-17-10-5-3-8-15(17)14-16-9-4-6-11-18(16)19/h3-12,14H,2,13H2,1H3. The minimum absolute atomic E-state index is 0.191. The number of carbonyl (C=O) groups excluding carboxylic acids is 1. The van der Waals surface area contributed by atoms with Crippen molar-refractivity contribution >= 4 is 33.6 Å². The van der Waals surface area contributed by atoms with E-state index in [9.17, 15) is 4.79 Å². The van der Waals surface area contributed by atoms with Crippen molar-refractivity contribution in [2.24, 2.45) is 0 Å². The SMILES string of the molecule is CCOC(=O)CC=Cc1c2ccccc2cc2ccccc12. The van der Waals surface area contributed by atoms with E-state index in [4.69, 9.17) is 4.74 Å². The van der Waals surface area contributed by atoms with Gasteiger partial charge in [-0.25, -0.2) is 0 Å². The zero-order valence-electron chi connectivity index (χ0n) is 12.6. The van der Waals surface area contributed by atoms with Crippen molar-refractivity contribution in [1.82, 2.24) is 0 Å². The largest absolute Gasteiger partial charge is 0.466 e. The molecule has 3 aromatic rings. The molecule has 0 radical (unpaired) electrons. The van der Waals surface area contributed by atoms with Gasteiger partial charge in [-0.05, 0) is 40.1 Å². The maximum atomic E-state index is 11.5. The summed E-state index contributed by atoms with van der Waals surface area (Å²) < 4.78 is 4.96. The van der Waals surface area contributed by atoms with Crippen LogP contribution in [0, 0.1) is 0 Å². The fourth-order valence-corrected chi connectivity index (χ4v) is 2.72. The smallest absolute Gasteiger partial charge is 0.309 e. The number of hydrogen-bond acceptors (Lipinski definition) is 2. The Morgan fingerprint density at radius 1 is 1.00 bits per heavy atom. The summed E-state index contributed by atoms with van der Waals surface area (Å²) >= 11 is 0. The first-order valence-electron chi connectivity index (χ1n) is 7.52. The predicted molar refractivity (Wildman–Crippen MR) is 91.7 cm³/mol. The lowest BCUT2D eigenvalue weighted by Gasteiger charge is -2.08. The molecular formula is C20H18O2. The van der Waals surface area contributed by atoms with Crippen LogP contribution in [0.3, 0.4) is 0 Å². The normalized spacial score (nSPS) is 11.3. The van der Waals surface area contributed by atoms with Crippen molar-refractivity contribution in [1.29, 1.82) is 0 Å². The molecule has 0 heterocycles. The van der Waals surface area contributed by atoms with E-state index in [0.29, 0.717) is 13.0 Å². The summed E-state index contributed by atoms with van der Waals surface area (Å²) in [4.78, 5) is 11.5. The van der Waals surface area contributed by atoms with Crippen molar-refractivity contribution in [3.8, 4) is 0 Å². The summed E-state index contributed by atoms with van der Waals surface area (Å²) in [6.45, 7) is 2.24. The Morgan fingerprint density at radius 2 is 1.59 bits per heavy atom. The van der Waals surface area contributed by atoms with Gasteiger partial charge in [0.15, 0.2) is 0 Å². The fraction of sp³-hybridized carbons (Fsp3) is 0.150. The zero-order chi connectivity index (χ0) is 15.4. The van der Waals surface area contributed by atoms with Crippen molar-refractivity contribution in [3.63, 3.8) is 0 Å². The third-order valence-electron chi connectivity index (χ3n) is 3.69. The van der Waals surface area contributed by atoms with Crippen LogP contribution in [0.4, 0.5) is 0 Å². The Hall–Kier alpha value is -2.61. The second kappa shape index (κ2) is 6.44. The van der Waals surface area contributed by atoms with Crippen LogP contribution in [-0.4, -0.2) is 12.6 Å². The van der Waals surface area contributed by atoms with Gasteiger partial charge in [-0.2, -0.15) is 0 Å². The molecule has 0 spiro atoms. The van der Waals surface area contributed by atoms with Crippen LogP contribution in [0.2, 0.25) is 0 Å². The molecule has 3 aromatic carbocycles. The molecule has 110 valence electrons. The molecular weight excluding hydrogens is 272 g/mol. The number of rotatable bonds is 4. The molecule has 22 heavy (non-hydrogen) atoms. The van der Waals surface area contributed by atoms with E-state index < -0.39 is 0 Å². The first-order valence-corrected chi connectivity index (χ1v) is 7.52. The summed E-state index contributed by atoms with van der Waals surface area (Å²) in [5, 5.41) is 4.80. The fourth-order valence-electron chi connectivity index (χ4n) is 2.72. The van der Waals surface area contributed by atoms with Crippen molar-refractivity contribution < 1.29 is 9.53 Å². The molecule has 0 amide bonds. The first kappa shape index (κ1) is 14.3. The van der Waals surface area contributed by atoms with Gasteiger partial charge in [0.1, 0.15) is 0 Å². The maximum Gasteiger partial charge on any atom is 0.309 e. The van der Waals surface area contributed by atoms with Gasteiger partial charge >= 0.3 is 5.97 Å². The minimum atomic E-state index is -0.191. The zero-order valence-corrected chi connectivity index (χ0v) is 12.6. The van der Waals surface area contributed by atoms with E-state index in [1.807, 2.05) is 43.3 Å². The Labute approximate surface area is 130 Å². The van der Waals surface area contributed by atoms with Crippen LogP contribution in [0.15, 0.2) is 60.7 Å². The molecule has 2 heteroatoms. The number of carbonyl (C=O) groups is 1. The molecule has 2 nitrogen and oxygen atoms in total. The monoisotopic (exact) mass is 290 g/mol. The van der Waals surface area contributed by atoms with Crippen LogP contribution in [0.1, 0.15) is 18.9 Å². The highest BCUT2D eigenvalue weighted by Gasteiger charge is 2.05. The maximum absolute atomic E-state index is 11.5. The van der Waals surface area contributed by atoms with Crippen LogP contribution >= 0.6 is 0 Å². The lowest BCUT2D eigenvalue weighted by atomic mass is 9.96. The average Bonchev–Trinajstić information content (AvgIpc) is 2.54. The number of ether oxygens (including phenoxy) is 1. The quantitative estimate of drug-likeness (QED) is 0.501. The van der Waals surface area contributed by atoms with Crippen LogP contribution in [-0.2, 0) is 9.53 Å². The molecule has 3 rings (SSSR count). The lowest BCUT2D eigenvalue weighted by Crippen LogP contribution is -2.01. The highest BCUT2D eigenvalue weighted by Crippen LogP contribution is 2.29. The summed E-state index contributed by atoms with van der Waals surface area (Å²) in [7, 11) is 0. The Balaban J connectivity index is 2.08. The van der Waals surface area contributed by atoms with Gasteiger partial charge in [0, 0.05) is 0 Å². The molecule has 0 bridgehead atoms. The number of esters is 1. The van der Waals surface area contributed by atoms with Crippen LogP contribution < -0.4 is 0 Å². The van der Waals surface area contributed by atoms with Crippen LogP contribution in [0.25, 0.3) is 27.6 Å². The van der Waals surface area contributed by atoms with E-state index in [1.165, 1.54) is 21.5 Å². The molecule has 0 aliphatic carbocycles. The van der Waals surface area contributed by atoms with E-state index in [-0.39, 0.29) is 5.97 Å². The second-order valence-electron chi connectivity index (χ2n) is 5.14. The van der Waals surface area contributed by atoms with Crippen LogP contribution in [0.5, 0.6) is 0 Å². The van der Waals surface area contributed by atoms with Gasteiger partial charge in [-0.15, -0.1) is 0 Å². The molecule has 0 aromatic heterocycles. The molecule has 0 atom stereocenters. The highest BCUT2D eigenvalue weighted by molar-refractivity contribution is 6.06. The summed E-state index contributed by atoms with van der Waals surface area (Å²) in [6, 6.07) is 18.8. The third-order valence-corrected chi connectivity index (χ3v) is 3.69.